The van der Waals surface area contributed by atoms with Crippen LogP contribution in [0.15, 0.2) is 60.7 Å². The zero-order valence-corrected chi connectivity index (χ0v) is 17.4. The molecule has 0 aliphatic carbocycles. The Hall–Kier alpha value is -3.87. The Kier molecular flexibility index (Phi) is 6.12. The van der Waals surface area contributed by atoms with Crippen molar-refractivity contribution in [3.63, 3.8) is 0 Å². The summed E-state index contributed by atoms with van der Waals surface area (Å²) in [6.07, 6.45) is 0. The number of aromatic amines is 1. The summed E-state index contributed by atoms with van der Waals surface area (Å²) in [7, 11) is 0. The molecule has 1 heterocycles. The highest BCUT2D eigenvalue weighted by Gasteiger charge is 2.20. The van der Waals surface area contributed by atoms with E-state index in [1.165, 1.54) is 5.39 Å². The minimum absolute atomic E-state index is 0.133. The molecule has 7 nitrogen and oxygen atoms in total. The Morgan fingerprint density at radius 1 is 0.903 bits per heavy atom. The molecular formula is C24H23N3O4. The van der Waals surface area contributed by atoms with E-state index in [1.807, 2.05) is 37.3 Å². The fraction of sp³-hybridized carbons (Fsp3) is 0.208. The molecule has 0 aliphatic rings. The van der Waals surface area contributed by atoms with E-state index >= 15 is 0 Å². The van der Waals surface area contributed by atoms with Crippen LogP contribution < -0.4 is 9.47 Å². The number of hydrogen-bond donors (Lipinski definition) is 1. The molecule has 0 amide bonds. The van der Waals surface area contributed by atoms with E-state index in [2.05, 4.69) is 39.7 Å². The first-order chi connectivity index (χ1) is 15.2. The highest BCUT2D eigenvalue weighted by atomic mass is 16.5. The number of nitrogens with one attached hydrogen (secondary N) is 1. The molecule has 0 fully saturated rings. The van der Waals surface area contributed by atoms with E-state index in [0.717, 1.165) is 10.9 Å². The molecule has 0 atom stereocenters. The minimum Gasteiger partial charge on any atom is -0.490 e. The molecule has 4 aromatic rings. The van der Waals surface area contributed by atoms with Gasteiger partial charge in [0.1, 0.15) is 12.3 Å². The van der Waals surface area contributed by atoms with Crippen LogP contribution in [0.4, 0.5) is 0 Å². The molecule has 3 aromatic carbocycles. The highest BCUT2D eigenvalue weighted by Crippen LogP contribution is 2.34. The summed E-state index contributed by atoms with van der Waals surface area (Å²) < 4.78 is 17.0. The number of hydrogen-bond acceptors (Lipinski definition) is 6. The van der Waals surface area contributed by atoms with Crippen LogP contribution in [0.1, 0.15) is 29.9 Å². The average molecular weight is 417 g/mol. The summed E-state index contributed by atoms with van der Waals surface area (Å²) in [5.41, 5.74) is 2.30. The zero-order valence-electron chi connectivity index (χ0n) is 17.4. The van der Waals surface area contributed by atoms with Crippen molar-refractivity contribution in [2.75, 3.05) is 13.2 Å². The number of nitrogens with zero attached hydrogens (tertiary/aromatic N) is 2. The quantitative estimate of drug-likeness (QED) is 0.415. The van der Waals surface area contributed by atoms with Crippen LogP contribution in [0.5, 0.6) is 11.5 Å². The van der Waals surface area contributed by atoms with Crippen molar-refractivity contribution < 1.29 is 19.0 Å². The predicted octanol–water partition coefficient (Wildman–Crippen LogP) is 4.78. The van der Waals surface area contributed by atoms with Gasteiger partial charge in [-0.1, -0.05) is 42.5 Å². The first-order valence-corrected chi connectivity index (χ1v) is 10.2. The molecule has 7 heteroatoms. The van der Waals surface area contributed by atoms with E-state index in [1.54, 1.807) is 13.0 Å². The SMILES string of the molecule is CCOC(=O)c1n[nH]nc1-c1ccc(OCc2cccc3ccccc23)c(OCC)c1. The summed E-state index contributed by atoms with van der Waals surface area (Å²) in [5.74, 6) is 0.651. The molecule has 1 N–H and O–H groups in total. The number of carbonyl (C=O) groups excluding carboxylic acids is 1. The third-order valence-corrected chi connectivity index (χ3v) is 4.80. The molecule has 0 saturated heterocycles. The lowest BCUT2D eigenvalue weighted by atomic mass is 10.1. The van der Waals surface area contributed by atoms with E-state index in [-0.39, 0.29) is 12.3 Å². The summed E-state index contributed by atoms with van der Waals surface area (Å²) in [6.45, 7) is 4.78. The van der Waals surface area contributed by atoms with Gasteiger partial charge in [-0.05, 0) is 48.4 Å². The Labute approximate surface area is 180 Å². The van der Waals surface area contributed by atoms with Crippen LogP contribution in [0, 0.1) is 0 Å². The minimum atomic E-state index is -0.527. The van der Waals surface area contributed by atoms with Gasteiger partial charge in [-0.2, -0.15) is 10.3 Å². The molecule has 4 rings (SSSR count). The number of aromatic nitrogens is 3. The third-order valence-electron chi connectivity index (χ3n) is 4.80. The maximum absolute atomic E-state index is 12.1. The van der Waals surface area contributed by atoms with E-state index < -0.39 is 5.97 Å². The second-order valence-corrected chi connectivity index (χ2v) is 6.76. The Bertz CT molecular complexity index is 1200. The molecule has 0 radical (unpaired) electrons. The lowest BCUT2D eigenvalue weighted by molar-refractivity contribution is 0.0520. The fourth-order valence-electron chi connectivity index (χ4n) is 3.39. The number of H-pyrrole nitrogens is 1. The second-order valence-electron chi connectivity index (χ2n) is 6.76. The molecule has 0 aliphatic heterocycles. The van der Waals surface area contributed by atoms with Gasteiger partial charge in [-0.3, -0.25) is 0 Å². The smallest absolute Gasteiger partial charge is 0.361 e. The van der Waals surface area contributed by atoms with Gasteiger partial charge in [0, 0.05) is 5.56 Å². The van der Waals surface area contributed by atoms with Crippen molar-refractivity contribution in [1.29, 1.82) is 0 Å². The Balaban J connectivity index is 1.61. The number of ether oxygens (including phenoxy) is 3. The predicted molar refractivity (Wildman–Crippen MR) is 117 cm³/mol. The van der Waals surface area contributed by atoms with Crippen LogP contribution >= 0.6 is 0 Å². The molecular weight excluding hydrogens is 394 g/mol. The van der Waals surface area contributed by atoms with E-state index in [9.17, 15) is 4.79 Å². The van der Waals surface area contributed by atoms with Crippen molar-refractivity contribution in [1.82, 2.24) is 15.4 Å². The van der Waals surface area contributed by atoms with Crippen molar-refractivity contribution in [2.45, 2.75) is 20.5 Å². The van der Waals surface area contributed by atoms with Gasteiger partial charge in [0.05, 0.1) is 13.2 Å². The van der Waals surface area contributed by atoms with Crippen LogP contribution in [0.3, 0.4) is 0 Å². The van der Waals surface area contributed by atoms with Gasteiger partial charge in [-0.15, -0.1) is 5.10 Å². The second kappa shape index (κ2) is 9.30. The highest BCUT2D eigenvalue weighted by molar-refractivity contribution is 5.94. The number of carbonyl (C=O) groups is 1. The molecule has 0 saturated carbocycles. The van der Waals surface area contributed by atoms with Crippen molar-refractivity contribution in [2.24, 2.45) is 0 Å². The first-order valence-electron chi connectivity index (χ1n) is 10.2. The maximum Gasteiger partial charge on any atom is 0.361 e. The third kappa shape index (κ3) is 4.35. The number of benzene rings is 3. The largest absolute Gasteiger partial charge is 0.490 e. The maximum atomic E-state index is 12.1. The van der Waals surface area contributed by atoms with Gasteiger partial charge in [0.25, 0.3) is 0 Å². The monoisotopic (exact) mass is 417 g/mol. The van der Waals surface area contributed by atoms with Crippen molar-refractivity contribution >= 4 is 16.7 Å². The molecule has 158 valence electrons. The molecule has 1 aromatic heterocycles. The number of rotatable bonds is 8. The van der Waals surface area contributed by atoms with Crippen LogP contribution in [0.25, 0.3) is 22.0 Å². The van der Waals surface area contributed by atoms with Gasteiger partial charge in [-0.25, -0.2) is 4.79 Å². The van der Waals surface area contributed by atoms with E-state index in [4.69, 9.17) is 14.2 Å². The zero-order chi connectivity index (χ0) is 21.6. The Morgan fingerprint density at radius 2 is 1.74 bits per heavy atom. The molecule has 0 spiro atoms. The fourth-order valence-corrected chi connectivity index (χ4v) is 3.39. The van der Waals surface area contributed by atoms with Crippen LogP contribution in [-0.4, -0.2) is 34.6 Å². The molecule has 0 unspecified atom stereocenters. The van der Waals surface area contributed by atoms with E-state index in [0.29, 0.717) is 36.0 Å². The lowest BCUT2D eigenvalue weighted by Crippen LogP contribution is -2.07. The first kappa shape index (κ1) is 20.4. The van der Waals surface area contributed by atoms with Crippen LogP contribution in [0.2, 0.25) is 0 Å². The standard InChI is InChI=1S/C24H23N3O4/c1-3-29-21-14-17(22-23(26-27-25-22)24(28)30-4-2)12-13-20(21)31-15-18-10-7-9-16-8-5-6-11-19(16)18/h5-14H,3-4,15H2,1-2H3,(H,25,26,27). The number of esters is 1. The van der Waals surface area contributed by atoms with Gasteiger partial charge in [0.15, 0.2) is 17.2 Å². The Morgan fingerprint density at radius 3 is 2.58 bits per heavy atom. The van der Waals surface area contributed by atoms with Gasteiger partial charge < -0.3 is 14.2 Å². The summed E-state index contributed by atoms with van der Waals surface area (Å²) in [6, 6.07) is 19.8. The average Bonchev–Trinajstić information content (AvgIpc) is 3.29. The van der Waals surface area contributed by atoms with Gasteiger partial charge >= 0.3 is 5.97 Å². The normalized spacial score (nSPS) is 10.8. The lowest BCUT2D eigenvalue weighted by Gasteiger charge is -2.14. The van der Waals surface area contributed by atoms with Crippen molar-refractivity contribution in [3.8, 4) is 22.8 Å². The number of fused-ring (bicyclic) bond motifs is 1. The molecule has 31 heavy (non-hydrogen) atoms. The summed E-state index contributed by atoms with van der Waals surface area (Å²) in [4.78, 5) is 12.1. The molecule has 0 bridgehead atoms. The van der Waals surface area contributed by atoms with Gasteiger partial charge in [0.2, 0.25) is 0 Å². The summed E-state index contributed by atoms with van der Waals surface area (Å²) >= 11 is 0. The summed E-state index contributed by atoms with van der Waals surface area (Å²) in [5, 5.41) is 12.9. The topological polar surface area (TPSA) is 86.3 Å². The van der Waals surface area contributed by atoms with Crippen LogP contribution in [-0.2, 0) is 11.3 Å². The van der Waals surface area contributed by atoms with Crippen molar-refractivity contribution in [3.05, 3.63) is 71.9 Å².